The Kier molecular flexibility index (Phi) is 25.8. The fourth-order valence-electron chi connectivity index (χ4n) is 7.36. The van der Waals surface area contributed by atoms with Crippen molar-refractivity contribution in [1.29, 1.82) is 0 Å². The third-order valence-corrected chi connectivity index (χ3v) is 14.8. The van der Waals surface area contributed by atoms with E-state index in [1.807, 2.05) is 36.4 Å². The third kappa shape index (κ3) is 7.39. The summed E-state index contributed by atoms with van der Waals surface area (Å²) in [7, 11) is 0.362. The highest BCUT2D eigenvalue weighted by Crippen LogP contribution is 2.72. The van der Waals surface area contributed by atoms with Gasteiger partial charge in [-0.25, -0.2) is 12.7 Å². The van der Waals surface area contributed by atoms with Crippen LogP contribution in [0.5, 0.6) is 0 Å². The Bertz CT molecular complexity index is 1800. The van der Waals surface area contributed by atoms with Crippen LogP contribution in [0.1, 0.15) is 134 Å². The smallest absolute Gasteiger partial charge is 0.266 e. The van der Waals surface area contributed by atoms with E-state index in [1.54, 1.807) is 54.1 Å². The van der Waals surface area contributed by atoms with Gasteiger partial charge in [-0.05, 0) is 53.8 Å². The molecule has 1 spiro atoms. The molecule has 0 aromatic heterocycles. The molecule has 2 amide bonds. The van der Waals surface area contributed by atoms with E-state index >= 15 is 0 Å². The Labute approximate surface area is 343 Å². The quantitative estimate of drug-likeness (QED) is 0.245. The van der Waals surface area contributed by atoms with Crippen LogP contribution in [0.4, 0.5) is 5.69 Å². The van der Waals surface area contributed by atoms with Gasteiger partial charge in [0.1, 0.15) is 6.17 Å². The predicted molar refractivity (Wildman–Crippen MR) is 251 cm³/mol. The number of hydrogen-bond acceptors (Lipinski definition) is 6. The summed E-state index contributed by atoms with van der Waals surface area (Å²) in [5.41, 5.74) is 3.62. The van der Waals surface area contributed by atoms with Crippen molar-refractivity contribution in [3.8, 4) is 0 Å². The van der Waals surface area contributed by atoms with Crippen molar-refractivity contribution in [3.05, 3.63) is 102 Å². The standard InChI is InChI=1S/C30H25N3O4S3.14CH4/c1-28-26(34)32-25-29(18-30(32,39-38-28)27(35)31(28)2,22-17-16-19-10-6-7-13-21(19)22)23-14-8-9-15-24(23)33(25)40(36,37)20-11-4-3-5-12-20;;;;;;;;;;;;;;/h3-15,17,25H,16,18H2,1-2H3;14*1H4/t25-,28+,29-,30+;;;;;;;;;;;;;;/m0............../s1. The van der Waals surface area contributed by atoms with E-state index in [2.05, 4.69) is 18.2 Å². The van der Waals surface area contributed by atoms with Gasteiger partial charge in [0.2, 0.25) is 0 Å². The van der Waals surface area contributed by atoms with Gasteiger partial charge in [0.15, 0.2) is 9.74 Å². The summed E-state index contributed by atoms with van der Waals surface area (Å²) < 4.78 is 30.7. The van der Waals surface area contributed by atoms with Crippen molar-refractivity contribution in [3.63, 3.8) is 0 Å². The minimum atomic E-state index is -4.13. The largest absolute Gasteiger partial charge is 0.319 e. The fraction of sp³-hybridized carbons (Fsp3) is 0.500. The average Bonchev–Trinajstić information content (AvgIpc) is 3.61. The lowest BCUT2D eigenvalue weighted by molar-refractivity contribution is -0.163. The number of fused-ring (bicyclic) bond motifs is 6. The number of likely N-dealkylation sites (N-methyl/N-ethyl adjacent to an activating group) is 1. The number of rotatable bonds is 3. The van der Waals surface area contributed by atoms with Crippen molar-refractivity contribution in [2.45, 2.75) is 150 Å². The molecular weight excluding hydrogens is 731 g/mol. The molecule has 4 atom stereocenters. The molecule has 3 aromatic rings. The van der Waals surface area contributed by atoms with Gasteiger partial charge in [-0.1, -0.05) is 192 Å². The van der Waals surface area contributed by atoms with Crippen molar-refractivity contribution >= 4 is 54.7 Å². The molecule has 314 valence electrons. The van der Waals surface area contributed by atoms with Crippen molar-refractivity contribution in [2.75, 3.05) is 11.4 Å². The number of amides is 2. The number of allylic oxidation sites excluding steroid dienone is 1. The molecule has 0 radical (unpaired) electrons. The number of carbonyl (C=O) groups is 2. The molecule has 7 nitrogen and oxygen atoms in total. The summed E-state index contributed by atoms with van der Waals surface area (Å²) in [4.78, 5) is 29.7. The third-order valence-electron chi connectivity index (χ3n) is 9.29. The summed E-state index contributed by atoms with van der Waals surface area (Å²) in [6.45, 7) is 1.76. The Morgan fingerprint density at radius 1 is 0.667 bits per heavy atom. The molecule has 10 heteroatoms. The van der Waals surface area contributed by atoms with E-state index < -0.39 is 31.3 Å². The fourth-order valence-corrected chi connectivity index (χ4v) is 12.5. The highest BCUT2D eigenvalue weighted by molar-refractivity contribution is 8.78. The zero-order valence-corrected chi connectivity index (χ0v) is 24.2. The molecule has 6 aliphatic rings. The zero-order chi connectivity index (χ0) is 27.7. The molecule has 54 heavy (non-hydrogen) atoms. The molecular formula is C44H81N3O4S3. The van der Waals surface area contributed by atoms with Gasteiger partial charge in [-0.2, -0.15) is 0 Å². The SMILES string of the molecule is C.C.C.C.C.C.C.C.C.C.C.C.C.C.CN1C(=O)[C@]23C[C@]4(C5=CCc6ccccc65)c5ccccc5N(S(=O)(=O)c5ccccc5)[C@@H]4N2C(=O)[C@@]1(C)SS3. The first-order chi connectivity index (χ1) is 19.2. The van der Waals surface area contributed by atoms with Crippen molar-refractivity contribution in [2.24, 2.45) is 0 Å². The molecule has 3 aromatic carbocycles. The van der Waals surface area contributed by atoms with Crippen LogP contribution in [-0.4, -0.2) is 53.0 Å². The second-order valence-corrected chi connectivity index (χ2v) is 15.7. The zero-order valence-electron chi connectivity index (χ0n) is 21.8. The van der Waals surface area contributed by atoms with Crippen LogP contribution in [0.25, 0.3) is 5.57 Å². The van der Waals surface area contributed by atoms with E-state index in [-0.39, 0.29) is 127 Å². The predicted octanol–water partition coefficient (Wildman–Crippen LogP) is 13.5. The number of carbonyl (C=O) groups excluding carboxylic acids is 2. The first-order valence-corrected chi connectivity index (χ1v) is 16.7. The van der Waals surface area contributed by atoms with Gasteiger partial charge in [0, 0.05) is 13.5 Å². The lowest BCUT2D eigenvalue weighted by Gasteiger charge is -2.58. The normalized spacial score (nSPS) is 23.5. The Balaban J connectivity index is -0.000000316. The molecule has 9 rings (SSSR count). The molecule has 1 aliphatic carbocycles. The summed E-state index contributed by atoms with van der Waals surface area (Å²) in [6.07, 6.45) is 2.23. The maximum Gasteiger partial charge on any atom is 0.266 e. The number of benzene rings is 3. The summed E-state index contributed by atoms with van der Waals surface area (Å²) >= 11 is 0. The molecule has 5 aliphatic heterocycles. The van der Waals surface area contributed by atoms with Crippen molar-refractivity contribution in [1.82, 2.24) is 9.80 Å². The van der Waals surface area contributed by atoms with Gasteiger partial charge in [0.05, 0.1) is 16.0 Å². The minimum absolute atomic E-state index is 0. The monoisotopic (exact) mass is 812 g/mol. The molecule has 4 saturated heterocycles. The van der Waals surface area contributed by atoms with E-state index in [9.17, 15) is 18.0 Å². The van der Waals surface area contributed by atoms with Crippen LogP contribution in [-0.2, 0) is 31.4 Å². The Morgan fingerprint density at radius 3 is 1.78 bits per heavy atom. The molecule has 0 unspecified atom stereocenters. The number of para-hydroxylation sites is 1. The second-order valence-electron chi connectivity index (χ2n) is 11.1. The highest BCUT2D eigenvalue weighted by Gasteiger charge is 2.79. The topological polar surface area (TPSA) is 78.0 Å². The average molecular weight is 812 g/mol. The minimum Gasteiger partial charge on any atom is -0.319 e. The molecule has 2 bridgehead atoms. The lowest BCUT2D eigenvalue weighted by Crippen LogP contribution is -2.76. The molecule has 4 fully saturated rings. The van der Waals surface area contributed by atoms with Crippen molar-refractivity contribution < 1.29 is 18.0 Å². The van der Waals surface area contributed by atoms with E-state index in [0.717, 1.165) is 22.3 Å². The van der Waals surface area contributed by atoms with Crippen LogP contribution >= 0.6 is 21.6 Å². The number of sulfonamides is 1. The highest BCUT2D eigenvalue weighted by atomic mass is 33.1. The Morgan fingerprint density at radius 2 is 1.19 bits per heavy atom. The van der Waals surface area contributed by atoms with Crippen LogP contribution in [0.15, 0.2) is 89.8 Å². The number of nitrogens with zero attached hydrogens (tertiary/aromatic N) is 3. The van der Waals surface area contributed by atoms with Crippen LogP contribution < -0.4 is 4.31 Å². The van der Waals surface area contributed by atoms with E-state index in [4.69, 9.17) is 0 Å². The summed E-state index contributed by atoms with van der Waals surface area (Å²) in [5.74, 6) is -0.397. The number of anilines is 1. The van der Waals surface area contributed by atoms with Gasteiger partial charge < -0.3 is 4.90 Å². The maximum atomic E-state index is 14.6. The molecule has 0 saturated carbocycles. The van der Waals surface area contributed by atoms with E-state index in [0.29, 0.717) is 12.1 Å². The van der Waals surface area contributed by atoms with Crippen LogP contribution in [0.2, 0.25) is 0 Å². The van der Waals surface area contributed by atoms with Crippen LogP contribution in [0.3, 0.4) is 0 Å². The molecule has 5 heterocycles. The summed E-state index contributed by atoms with van der Waals surface area (Å²) in [6, 6.07) is 24.1. The first-order valence-electron chi connectivity index (χ1n) is 13.1. The van der Waals surface area contributed by atoms with Gasteiger partial charge in [-0.15, -0.1) is 0 Å². The maximum absolute atomic E-state index is 14.6. The number of piperazine rings is 1. The summed E-state index contributed by atoms with van der Waals surface area (Å²) in [5, 5.41) is 0. The van der Waals surface area contributed by atoms with Crippen LogP contribution in [0, 0.1) is 0 Å². The number of hydrogen-bond donors (Lipinski definition) is 0. The molecule has 0 N–H and O–H groups in total. The van der Waals surface area contributed by atoms with Gasteiger partial charge >= 0.3 is 0 Å². The Hall–Kier alpha value is -3.21. The second kappa shape index (κ2) is 21.2. The van der Waals surface area contributed by atoms with Gasteiger partial charge in [0.25, 0.3) is 21.8 Å². The lowest BCUT2D eigenvalue weighted by atomic mass is 9.70. The first kappa shape index (κ1) is 65.7. The van der Waals surface area contributed by atoms with E-state index in [1.165, 1.54) is 25.9 Å². The van der Waals surface area contributed by atoms with Gasteiger partial charge in [-0.3, -0.25) is 14.5 Å².